The first kappa shape index (κ1) is 31.2. The quantitative estimate of drug-likeness (QED) is 0.245. The molecule has 3 aliphatic heterocycles. The molecule has 3 aromatic heterocycles. The van der Waals surface area contributed by atoms with Crippen molar-refractivity contribution in [1.82, 2.24) is 30.1 Å². The van der Waals surface area contributed by atoms with Gasteiger partial charge in [0.05, 0.1) is 35.2 Å². The molecule has 0 atom stereocenters. The van der Waals surface area contributed by atoms with Gasteiger partial charge in [-0.15, -0.1) is 0 Å². The second kappa shape index (κ2) is 12.6. The molecule has 7 rings (SSSR count). The minimum Gasteiger partial charge on any atom is -0.481 e. The number of nitrogens with one attached hydrogen (secondary N) is 2. The number of nitrogens with zero attached hydrogens (tertiary/aromatic N) is 5. The maximum absolute atomic E-state index is 13.1. The van der Waals surface area contributed by atoms with Gasteiger partial charge >= 0.3 is 0 Å². The number of aliphatic hydroxyl groups is 1. The van der Waals surface area contributed by atoms with Crippen molar-refractivity contribution in [2.45, 2.75) is 44.5 Å². The number of pyridine rings is 3. The van der Waals surface area contributed by atoms with Crippen LogP contribution in [0.15, 0.2) is 60.9 Å². The summed E-state index contributed by atoms with van der Waals surface area (Å²) in [5.41, 5.74) is 6.33. The Morgan fingerprint density at radius 1 is 1.09 bits per heavy atom. The first-order valence-corrected chi connectivity index (χ1v) is 16.1. The summed E-state index contributed by atoms with van der Waals surface area (Å²) in [6, 6.07) is 15.0. The number of anilines is 1. The number of hydrogen-bond acceptors (Lipinski definition) is 9. The number of amides is 2. The van der Waals surface area contributed by atoms with Crippen molar-refractivity contribution in [3.05, 3.63) is 88.3 Å². The van der Waals surface area contributed by atoms with E-state index in [1.54, 1.807) is 25.6 Å². The van der Waals surface area contributed by atoms with Crippen LogP contribution in [0.5, 0.6) is 5.88 Å². The van der Waals surface area contributed by atoms with Gasteiger partial charge in [-0.25, -0.2) is 4.98 Å². The smallest absolute Gasteiger partial charge is 0.274 e. The van der Waals surface area contributed by atoms with E-state index in [-0.39, 0.29) is 23.5 Å². The standard InChI is InChI=1S/C35H36ClN7O4/c1-21-25(4-3-5-27(21)39-33(46)29-8-6-22(14-38-29)15-42-17-24(44)18-42)32-31(36)26(11-13-37-32)28-9-7-23(34(40-28)47-2)16-43-19-35(20-43)12-10-30(45)41-35/h3-9,11,13-14,24,44H,10,12,15-20H2,1-2H3,(H,39,46)(H,41,45). The number of carbonyl (C=O) groups is 2. The van der Waals surface area contributed by atoms with Crippen LogP contribution in [0.4, 0.5) is 5.69 Å². The summed E-state index contributed by atoms with van der Waals surface area (Å²) in [7, 11) is 1.61. The van der Waals surface area contributed by atoms with Gasteiger partial charge in [0.1, 0.15) is 5.69 Å². The van der Waals surface area contributed by atoms with Gasteiger partial charge in [0, 0.05) is 80.5 Å². The van der Waals surface area contributed by atoms with Crippen molar-refractivity contribution in [1.29, 1.82) is 0 Å². The van der Waals surface area contributed by atoms with E-state index in [1.165, 1.54) is 0 Å². The Hall–Kier alpha value is -4.42. The van der Waals surface area contributed by atoms with Gasteiger partial charge in [0.25, 0.3) is 5.91 Å². The van der Waals surface area contributed by atoms with E-state index in [1.807, 2.05) is 49.4 Å². The predicted octanol–water partition coefficient (Wildman–Crippen LogP) is 4.07. The Labute approximate surface area is 278 Å². The Morgan fingerprint density at radius 3 is 2.62 bits per heavy atom. The predicted molar refractivity (Wildman–Crippen MR) is 178 cm³/mol. The minimum absolute atomic E-state index is 0.0840. The summed E-state index contributed by atoms with van der Waals surface area (Å²) in [6.07, 6.45) is 4.62. The maximum atomic E-state index is 13.1. The fourth-order valence-corrected chi connectivity index (χ4v) is 7.03. The zero-order valence-corrected chi connectivity index (χ0v) is 27.0. The first-order chi connectivity index (χ1) is 22.7. The average Bonchev–Trinajstić information content (AvgIpc) is 3.43. The van der Waals surface area contributed by atoms with E-state index in [0.717, 1.165) is 41.8 Å². The topological polar surface area (TPSA) is 133 Å². The summed E-state index contributed by atoms with van der Waals surface area (Å²) in [5, 5.41) is 16.1. The second-order valence-corrected chi connectivity index (χ2v) is 13.1. The molecule has 0 unspecified atom stereocenters. The lowest BCUT2D eigenvalue weighted by Crippen LogP contribution is -2.66. The lowest BCUT2D eigenvalue weighted by Gasteiger charge is -2.48. The van der Waals surface area contributed by atoms with Crippen LogP contribution in [0, 0.1) is 6.92 Å². The zero-order chi connectivity index (χ0) is 32.7. The molecular weight excluding hydrogens is 618 g/mol. The first-order valence-electron chi connectivity index (χ1n) is 15.7. The zero-order valence-electron chi connectivity index (χ0n) is 26.3. The fourth-order valence-electron chi connectivity index (χ4n) is 6.72. The summed E-state index contributed by atoms with van der Waals surface area (Å²) in [5.74, 6) is 0.338. The van der Waals surface area contributed by atoms with Crippen LogP contribution in [-0.2, 0) is 17.9 Å². The Balaban J connectivity index is 1.06. The molecule has 6 heterocycles. The van der Waals surface area contributed by atoms with Gasteiger partial charge in [-0.2, -0.15) is 0 Å². The number of likely N-dealkylation sites (tertiary alicyclic amines) is 2. The molecule has 1 spiro atoms. The third-order valence-electron chi connectivity index (χ3n) is 9.22. The van der Waals surface area contributed by atoms with E-state index in [0.29, 0.717) is 71.8 Å². The highest BCUT2D eigenvalue weighted by Crippen LogP contribution is 2.38. The number of rotatable bonds is 9. The van der Waals surface area contributed by atoms with Gasteiger partial charge in [0.2, 0.25) is 11.8 Å². The second-order valence-electron chi connectivity index (χ2n) is 12.7. The number of β-amino-alcohol motifs (C(OH)–C–C–N with tert-alkyl or cyclic N) is 1. The van der Waals surface area contributed by atoms with Gasteiger partial charge in [-0.05, 0) is 48.7 Å². The van der Waals surface area contributed by atoms with E-state index < -0.39 is 0 Å². The summed E-state index contributed by atoms with van der Waals surface area (Å²) >= 11 is 7.01. The van der Waals surface area contributed by atoms with Gasteiger partial charge < -0.3 is 20.5 Å². The molecule has 11 nitrogen and oxygen atoms in total. The van der Waals surface area contributed by atoms with E-state index >= 15 is 0 Å². The molecule has 1 aromatic carbocycles. The molecule has 0 aliphatic carbocycles. The molecule has 4 aromatic rings. The van der Waals surface area contributed by atoms with E-state index in [2.05, 4.69) is 30.4 Å². The lowest BCUT2D eigenvalue weighted by atomic mass is 9.88. The molecular formula is C35H36ClN7O4. The number of aromatic nitrogens is 3. The summed E-state index contributed by atoms with van der Waals surface area (Å²) in [6.45, 7) is 6.21. The number of aliphatic hydroxyl groups excluding tert-OH is 1. The Morgan fingerprint density at radius 2 is 1.91 bits per heavy atom. The highest BCUT2D eigenvalue weighted by atomic mass is 35.5. The van der Waals surface area contributed by atoms with Crippen LogP contribution < -0.4 is 15.4 Å². The molecule has 0 bridgehead atoms. The Kier molecular flexibility index (Phi) is 8.39. The van der Waals surface area contributed by atoms with Gasteiger partial charge in [-0.3, -0.25) is 29.4 Å². The van der Waals surface area contributed by atoms with Crippen molar-refractivity contribution in [3.8, 4) is 28.4 Å². The molecule has 0 saturated carbocycles. The van der Waals surface area contributed by atoms with Gasteiger partial charge in [0.15, 0.2) is 0 Å². The third kappa shape index (κ3) is 6.31. The van der Waals surface area contributed by atoms with Crippen LogP contribution in [0.1, 0.15) is 40.0 Å². The molecule has 3 N–H and O–H groups in total. The van der Waals surface area contributed by atoms with Crippen LogP contribution in [0.25, 0.3) is 22.5 Å². The largest absolute Gasteiger partial charge is 0.481 e. The molecule has 47 heavy (non-hydrogen) atoms. The van der Waals surface area contributed by atoms with E-state index in [4.69, 9.17) is 21.3 Å². The molecule has 0 radical (unpaired) electrons. The highest BCUT2D eigenvalue weighted by Gasteiger charge is 2.47. The molecule has 12 heteroatoms. The summed E-state index contributed by atoms with van der Waals surface area (Å²) < 4.78 is 5.69. The number of carbonyl (C=O) groups excluding carboxylic acids is 2. The number of methoxy groups -OCH3 is 1. The van der Waals surface area contributed by atoms with Crippen molar-refractivity contribution >= 4 is 29.1 Å². The lowest BCUT2D eigenvalue weighted by molar-refractivity contribution is -0.120. The molecule has 3 saturated heterocycles. The van der Waals surface area contributed by atoms with Crippen molar-refractivity contribution < 1.29 is 19.4 Å². The SMILES string of the molecule is COc1nc(-c2ccnc(-c3cccc(NC(=O)c4ccc(CN5CC(O)C5)cn4)c3C)c2Cl)ccc1CN1CC2(CCC(=O)N2)C1. The van der Waals surface area contributed by atoms with E-state index in [9.17, 15) is 14.7 Å². The number of benzene rings is 1. The van der Waals surface area contributed by atoms with Crippen LogP contribution in [0.3, 0.4) is 0 Å². The molecule has 242 valence electrons. The molecule has 3 fully saturated rings. The van der Waals surface area contributed by atoms with Crippen molar-refractivity contribution in [2.75, 3.05) is 38.6 Å². The molecule has 2 amide bonds. The number of ether oxygens (including phenoxy) is 1. The fraction of sp³-hybridized carbons (Fsp3) is 0.343. The van der Waals surface area contributed by atoms with Crippen LogP contribution >= 0.6 is 11.6 Å². The third-order valence-corrected chi connectivity index (χ3v) is 9.60. The number of halogens is 1. The normalized spacial score (nSPS) is 17.7. The maximum Gasteiger partial charge on any atom is 0.274 e. The van der Waals surface area contributed by atoms with Crippen molar-refractivity contribution in [3.63, 3.8) is 0 Å². The average molecular weight is 654 g/mol. The monoisotopic (exact) mass is 653 g/mol. The number of hydrogen-bond donors (Lipinski definition) is 3. The Bertz CT molecular complexity index is 1840. The summed E-state index contributed by atoms with van der Waals surface area (Å²) in [4.78, 5) is 43.0. The van der Waals surface area contributed by atoms with Crippen LogP contribution in [-0.4, -0.2) is 86.6 Å². The molecule has 3 aliphatic rings. The highest BCUT2D eigenvalue weighted by molar-refractivity contribution is 6.35. The van der Waals surface area contributed by atoms with Crippen LogP contribution in [0.2, 0.25) is 5.02 Å². The van der Waals surface area contributed by atoms with Gasteiger partial charge in [-0.1, -0.05) is 35.9 Å². The minimum atomic E-state index is -0.318. The van der Waals surface area contributed by atoms with Crippen molar-refractivity contribution in [2.24, 2.45) is 0 Å².